The molecule has 0 spiro atoms. The summed E-state index contributed by atoms with van der Waals surface area (Å²) in [4.78, 5) is 11.1. The van der Waals surface area contributed by atoms with Crippen LogP contribution < -0.4 is 5.32 Å². The van der Waals surface area contributed by atoms with E-state index in [0.717, 1.165) is 12.8 Å². The second-order valence-electron chi connectivity index (χ2n) is 3.59. The monoisotopic (exact) mass is 187 g/mol. The fraction of sp³-hybridized carbons (Fsp3) is 0.250. The van der Waals surface area contributed by atoms with Crippen molar-refractivity contribution in [2.24, 2.45) is 0 Å². The summed E-state index contributed by atoms with van der Waals surface area (Å²) in [7, 11) is 0. The van der Waals surface area contributed by atoms with Gasteiger partial charge >= 0.3 is 0 Å². The molecule has 0 radical (unpaired) electrons. The molecule has 0 aliphatic heterocycles. The van der Waals surface area contributed by atoms with Gasteiger partial charge in [0.25, 0.3) is 0 Å². The van der Waals surface area contributed by atoms with Crippen molar-refractivity contribution in [2.75, 3.05) is 0 Å². The lowest BCUT2D eigenvalue weighted by Crippen LogP contribution is -2.33. The first-order valence-electron chi connectivity index (χ1n) is 4.79. The van der Waals surface area contributed by atoms with E-state index in [-0.39, 0.29) is 11.9 Å². The summed E-state index contributed by atoms with van der Waals surface area (Å²) in [6.07, 6.45) is 3.20. The molecule has 0 saturated carbocycles. The quantitative estimate of drug-likeness (QED) is 0.698. The summed E-state index contributed by atoms with van der Waals surface area (Å²) in [6.45, 7) is 3.44. The normalized spacial score (nSPS) is 14.9. The van der Waals surface area contributed by atoms with Crippen LogP contribution >= 0.6 is 0 Å². The van der Waals surface area contributed by atoms with Gasteiger partial charge < -0.3 is 5.32 Å². The number of hydrogen-bond donors (Lipinski definition) is 1. The predicted molar refractivity (Wildman–Crippen MR) is 56.0 cm³/mol. The van der Waals surface area contributed by atoms with Crippen molar-refractivity contribution in [3.63, 3.8) is 0 Å². The third-order valence-corrected chi connectivity index (χ3v) is 2.58. The van der Waals surface area contributed by atoms with Gasteiger partial charge in [-0.3, -0.25) is 4.79 Å². The van der Waals surface area contributed by atoms with E-state index >= 15 is 0 Å². The summed E-state index contributed by atoms with van der Waals surface area (Å²) in [5.41, 5.74) is 2.70. The number of benzene rings is 1. The lowest BCUT2D eigenvalue weighted by Gasteiger charge is -2.09. The van der Waals surface area contributed by atoms with Crippen molar-refractivity contribution in [3.05, 3.63) is 48.0 Å². The molecule has 14 heavy (non-hydrogen) atoms. The van der Waals surface area contributed by atoms with E-state index < -0.39 is 0 Å². The van der Waals surface area contributed by atoms with Gasteiger partial charge in [0, 0.05) is 6.04 Å². The minimum atomic E-state index is -0.0807. The zero-order valence-corrected chi connectivity index (χ0v) is 7.99. The second-order valence-corrected chi connectivity index (χ2v) is 3.59. The Morgan fingerprint density at radius 2 is 1.93 bits per heavy atom. The lowest BCUT2D eigenvalue weighted by atomic mass is 10.1. The zero-order chi connectivity index (χ0) is 9.97. The molecule has 2 heteroatoms. The number of hydrogen-bond acceptors (Lipinski definition) is 1. The Morgan fingerprint density at radius 3 is 2.43 bits per heavy atom. The maximum atomic E-state index is 11.1. The Kier molecular flexibility index (Phi) is 2.35. The Bertz CT molecular complexity index is 345. The summed E-state index contributed by atoms with van der Waals surface area (Å²) in [5.74, 6) is -0.0807. The molecule has 2 rings (SSSR count). The van der Waals surface area contributed by atoms with Gasteiger partial charge in [0.15, 0.2) is 0 Å². The van der Waals surface area contributed by atoms with Crippen LogP contribution in [0.15, 0.2) is 36.9 Å². The van der Waals surface area contributed by atoms with Crippen LogP contribution in [0.5, 0.6) is 0 Å². The number of fused-ring (bicyclic) bond motifs is 1. The van der Waals surface area contributed by atoms with E-state index in [9.17, 15) is 4.79 Å². The van der Waals surface area contributed by atoms with Gasteiger partial charge in [0.2, 0.25) is 5.91 Å². The Hall–Kier alpha value is -1.57. The Morgan fingerprint density at radius 1 is 1.36 bits per heavy atom. The molecule has 0 saturated heterocycles. The standard InChI is InChI=1S/C12H13NO/c1-2-12(14)13-11-7-9-5-3-4-6-10(9)8-11/h2-6,11H,1,7-8H2,(H,13,14). The molecular formula is C12H13NO. The van der Waals surface area contributed by atoms with Crippen LogP contribution in [0.2, 0.25) is 0 Å². The summed E-state index contributed by atoms with van der Waals surface area (Å²) in [5, 5.41) is 2.92. The zero-order valence-electron chi connectivity index (χ0n) is 7.99. The van der Waals surface area contributed by atoms with E-state index in [1.807, 2.05) is 12.1 Å². The van der Waals surface area contributed by atoms with Crippen molar-refractivity contribution in [1.29, 1.82) is 0 Å². The number of rotatable bonds is 2. The summed E-state index contributed by atoms with van der Waals surface area (Å²) >= 11 is 0. The molecule has 0 unspecified atom stereocenters. The number of carbonyl (C=O) groups excluding carboxylic acids is 1. The third kappa shape index (κ3) is 1.69. The van der Waals surface area contributed by atoms with E-state index in [2.05, 4.69) is 24.0 Å². The van der Waals surface area contributed by atoms with Gasteiger partial charge in [0.1, 0.15) is 0 Å². The van der Waals surface area contributed by atoms with E-state index in [4.69, 9.17) is 0 Å². The number of carbonyl (C=O) groups is 1. The molecule has 0 atom stereocenters. The Balaban J connectivity index is 2.05. The fourth-order valence-corrected chi connectivity index (χ4v) is 1.92. The first-order valence-corrected chi connectivity index (χ1v) is 4.79. The number of nitrogens with one attached hydrogen (secondary N) is 1. The maximum absolute atomic E-state index is 11.1. The molecule has 0 aromatic heterocycles. The average Bonchev–Trinajstić information content (AvgIpc) is 2.59. The van der Waals surface area contributed by atoms with Gasteiger partial charge in [-0.1, -0.05) is 30.8 Å². The molecule has 1 aliphatic rings. The first kappa shape index (κ1) is 9.00. The molecule has 1 N–H and O–H groups in total. The van der Waals surface area contributed by atoms with Gasteiger partial charge in [-0.05, 0) is 30.0 Å². The summed E-state index contributed by atoms with van der Waals surface area (Å²) in [6, 6.07) is 8.57. The van der Waals surface area contributed by atoms with E-state index in [0.29, 0.717) is 0 Å². The van der Waals surface area contributed by atoms with Gasteiger partial charge in [-0.15, -0.1) is 0 Å². The molecule has 1 aromatic carbocycles. The average molecular weight is 187 g/mol. The minimum Gasteiger partial charge on any atom is -0.349 e. The van der Waals surface area contributed by atoms with Crippen LogP contribution in [-0.2, 0) is 17.6 Å². The van der Waals surface area contributed by atoms with Crippen LogP contribution in [0.1, 0.15) is 11.1 Å². The molecular weight excluding hydrogens is 174 g/mol. The fourth-order valence-electron chi connectivity index (χ4n) is 1.92. The second kappa shape index (κ2) is 3.66. The highest BCUT2D eigenvalue weighted by Gasteiger charge is 2.21. The highest BCUT2D eigenvalue weighted by Crippen LogP contribution is 2.21. The predicted octanol–water partition coefficient (Wildman–Crippen LogP) is 1.46. The van der Waals surface area contributed by atoms with Crippen molar-refractivity contribution in [2.45, 2.75) is 18.9 Å². The van der Waals surface area contributed by atoms with Gasteiger partial charge in [0.05, 0.1) is 0 Å². The van der Waals surface area contributed by atoms with Crippen molar-refractivity contribution in [1.82, 2.24) is 5.32 Å². The largest absolute Gasteiger partial charge is 0.349 e. The van der Waals surface area contributed by atoms with Gasteiger partial charge in [-0.25, -0.2) is 0 Å². The van der Waals surface area contributed by atoms with Crippen LogP contribution in [0.4, 0.5) is 0 Å². The first-order chi connectivity index (χ1) is 6.79. The third-order valence-electron chi connectivity index (χ3n) is 2.58. The summed E-state index contributed by atoms with van der Waals surface area (Å²) < 4.78 is 0. The van der Waals surface area contributed by atoms with Crippen molar-refractivity contribution >= 4 is 5.91 Å². The molecule has 2 nitrogen and oxygen atoms in total. The Labute approximate surface area is 83.6 Å². The molecule has 0 fully saturated rings. The molecule has 1 amide bonds. The molecule has 0 heterocycles. The van der Waals surface area contributed by atoms with Crippen LogP contribution in [0, 0.1) is 0 Å². The lowest BCUT2D eigenvalue weighted by molar-refractivity contribution is -0.117. The smallest absolute Gasteiger partial charge is 0.243 e. The van der Waals surface area contributed by atoms with E-state index in [1.54, 1.807) is 0 Å². The highest BCUT2D eigenvalue weighted by atomic mass is 16.1. The topological polar surface area (TPSA) is 29.1 Å². The van der Waals surface area contributed by atoms with Crippen molar-refractivity contribution in [3.8, 4) is 0 Å². The molecule has 1 aliphatic carbocycles. The van der Waals surface area contributed by atoms with Crippen LogP contribution in [0.25, 0.3) is 0 Å². The molecule has 1 aromatic rings. The van der Waals surface area contributed by atoms with Crippen molar-refractivity contribution < 1.29 is 4.79 Å². The highest BCUT2D eigenvalue weighted by molar-refractivity contribution is 5.87. The minimum absolute atomic E-state index is 0.0807. The maximum Gasteiger partial charge on any atom is 0.243 e. The van der Waals surface area contributed by atoms with Gasteiger partial charge in [-0.2, -0.15) is 0 Å². The molecule has 72 valence electrons. The van der Waals surface area contributed by atoms with E-state index in [1.165, 1.54) is 17.2 Å². The molecule has 0 bridgehead atoms. The SMILES string of the molecule is C=CC(=O)NC1Cc2ccccc2C1. The van der Waals surface area contributed by atoms with Crippen LogP contribution in [0.3, 0.4) is 0 Å². The van der Waals surface area contributed by atoms with Crippen LogP contribution in [-0.4, -0.2) is 11.9 Å². The number of amides is 1.